The Morgan fingerprint density at radius 1 is 0.938 bits per heavy atom. The van der Waals surface area contributed by atoms with E-state index in [2.05, 4.69) is 46.7 Å². The van der Waals surface area contributed by atoms with Gasteiger partial charge >= 0.3 is 5.97 Å². The maximum Gasteiger partial charge on any atom is 0.307 e. The average Bonchev–Trinajstić information content (AvgIpc) is 2.18. The molecule has 0 aromatic heterocycles. The van der Waals surface area contributed by atoms with Crippen molar-refractivity contribution in [2.75, 3.05) is 7.11 Å². The lowest BCUT2D eigenvalue weighted by Gasteiger charge is -1.90. The summed E-state index contributed by atoms with van der Waals surface area (Å²) in [4.78, 5) is 10.1. The first-order chi connectivity index (χ1) is 7.40. The molecule has 0 amide bonds. The quantitative estimate of drug-likeness (QED) is 0.342. The molecule has 0 aromatic carbocycles. The van der Waals surface area contributed by atoms with Crippen LogP contribution in [0.3, 0.4) is 0 Å². The van der Waals surface area contributed by atoms with Crippen LogP contribution in [0.4, 0.5) is 0 Å². The molecule has 0 N–H and O–H groups in total. The number of methoxy groups -OCH3 is 1. The van der Waals surface area contributed by atoms with Gasteiger partial charge in [0.1, 0.15) is 0 Å². The third kappa shape index (κ3) is 36.8. The summed E-state index contributed by atoms with van der Waals surface area (Å²) in [5.41, 5.74) is 2.18. The van der Waals surface area contributed by atoms with Crippen LogP contribution in [0.1, 0.15) is 34.6 Å². The first-order valence-electron chi connectivity index (χ1n) is 4.51. The minimum Gasteiger partial charge on any atom is -0.504 e. The van der Waals surface area contributed by atoms with Gasteiger partial charge in [0.2, 0.25) is 0 Å². The van der Waals surface area contributed by atoms with Crippen molar-refractivity contribution in [1.82, 2.24) is 0 Å². The Balaban J connectivity index is -0.000000188. The highest BCUT2D eigenvalue weighted by molar-refractivity contribution is 15.0. The number of hydrogen-bond donors (Lipinski definition) is 0. The molecule has 5 heteroatoms. The van der Waals surface area contributed by atoms with Crippen molar-refractivity contribution >= 4 is 43.2 Å². The molecule has 0 atom stereocenters. The van der Waals surface area contributed by atoms with Gasteiger partial charge in [0.15, 0.2) is 0 Å². The predicted molar refractivity (Wildman–Crippen MR) is 85.7 cm³/mol. The van der Waals surface area contributed by atoms with Gasteiger partial charge in [-0.05, 0) is 38.8 Å². The molecule has 0 unspecified atom stereocenters. The van der Waals surface area contributed by atoms with E-state index in [1.165, 1.54) is 18.8 Å². The summed E-state index contributed by atoms with van der Waals surface area (Å²) in [6.07, 6.45) is 3.14. The molecular formula is C11H20I2O3. The van der Waals surface area contributed by atoms with E-state index in [0.29, 0.717) is 0 Å². The highest BCUT2D eigenvalue weighted by Crippen LogP contribution is 1.89. The van der Waals surface area contributed by atoms with E-state index in [1.54, 1.807) is 13.4 Å². The molecule has 0 saturated carbocycles. The van der Waals surface area contributed by atoms with Gasteiger partial charge in [0.05, 0.1) is 19.6 Å². The molecule has 0 aliphatic heterocycles. The van der Waals surface area contributed by atoms with Crippen molar-refractivity contribution in [2.45, 2.75) is 34.6 Å². The van der Waals surface area contributed by atoms with Gasteiger partial charge in [0, 0.05) is 44.2 Å². The molecule has 0 aliphatic carbocycles. The minimum atomic E-state index is -0.272. The van der Waals surface area contributed by atoms with Gasteiger partial charge in [-0.15, -0.1) is 0 Å². The largest absolute Gasteiger partial charge is 0.504 e. The lowest BCUT2D eigenvalue weighted by Crippen LogP contribution is -1.89. The number of ether oxygens (including phenoxy) is 2. The normalized spacial score (nSPS) is 7.00. The highest BCUT2D eigenvalue weighted by atomic mass is 128. The van der Waals surface area contributed by atoms with Crippen molar-refractivity contribution < 1.29 is 14.3 Å². The van der Waals surface area contributed by atoms with Crippen LogP contribution < -0.4 is 0 Å². The van der Waals surface area contributed by atoms with Gasteiger partial charge in [-0.3, -0.25) is 4.79 Å². The molecule has 0 radical (unpaired) electrons. The molecule has 0 aliphatic rings. The van der Waals surface area contributed by atoms with E-state index >= 15 is 0 Å². The molecule has 16 heavy (non-hydrogen) atoms. The Morgan fingerprint density at radius 3 is 1.38 bits per heavy atom. The zero-order valence-electron chi connectivity index (χ0n) is 10.6. The number of halogens is 2. The van der Waals surface area contributed by atoms with Crippen molar-refractivity contribution in [3.8, 4) is 0 Å². The lowest BCUT2D eigenvalue weighted by molar-refractivity contribution is -0.135. The summed E-state index contributed by atoms with van der Waals surface area (Å²) in [6.45, 7) is 9.08. The van der Waals surface area contributed by atoms with E-state index in [-0.39, 0.29) is 5.97 Å². The minimum absolute atomic E-state index is 0.272. The highest BCUT2D eigenvalue weighted by Gasteiger charge is 1.84. The van der Waals surface area contributed by atoms with E-state index in [1.807, 2.05) is 27.7 Å². The number of hydrogen-bond acceptors (Lipinski definition) is 3. The first-order valence-corrected chi connectivity index (χ1v) is 10.8. The van der Waals surface area contributed by atoms with Crippen LogP contribution in [0.25, 0.3) is 0 Å². The van der Waals surface area contributed by atoms with Gasteiger partial charge in [-0.2, -0.15) is 0 Å². The summed E-state index contributed by atoms with van der Waals surface area (Å²) in [6, 6.07) is 0. The summed E-state index contributed by atoms with van der Waals surface area (Å²) in [5.74, 6) is -0.272. The van der Waals surface area contributed by atoms with E-state index in [9.17, 15) is 4.79 Å². The van der Waals surface area contributed by atoms with Crippen molar-refractivity contribution in [3.05, 3.63) is 23.7 Å². The van der Waals surface area contributed by atoms with Crippen LogP contribution in [-0.2, 0) is 14.3 Å². The molecule has 0 rings (SSSR count). The first kappa shape index (κ1) is 21.5. The molecule has 0 aromatic rings. The van der Waals surface area contributed by atoms with Crippen LogP contribution in [0.5, 0.6) is 0 Å². The van der Waals surface area contributed by atoms with Crippen LogP contribution in [0, 0.1) is 0 Å². The molecule has 0 bridgehead atoms. The van der Waals surface area contributed by atoms with Crippen molar-refractivity contribution in [1.29, 1.82) is 0 Å². The Morgan fingerprint density at radius 2 is 1.31 bits per heavy atom. The van der Waals surface area contributed by atoms with Crippen molar-refractivity contribution in [3.63, 3.8) is 0 Å². The van der Waals surface area contributed by atoms with Crippen molar-refractivity contribution in [2.24, 2.45) is 0 Å². The summed E-state index contributed by atoms with van der Waals surface area (Å²) >= 11 is 4.24. The number of carbonyl (C=O) groups excluding carboxylic acids is 1. The van der Waals surface area contributed by atoms with Gasteiger partial charge < -0.3 is 9.47 Å². The van der Waals surface area contributed by atoms with Crippen LogP contribution in [0.2, 0.25) is 0 Å². The fourth-order valence-electron chi connectivity index (χ4n) is 0.437. The number of carbonyl (C=O) groups is 1. The van der Waals surface area contributed by atoms with Crippen LogP contribution in [0.15, 0.2) is 23.7 Å². The van der Waals surface area contributed by atoms with Gasteiger partial charge in [-0.1, -0.05) is 0 Å². The molecule has 96 valence electrons. The second kappa shape index (κ2) is 17.6. The second-order valence-corrected chi connectivity index (χ2v) is 3.24. The Kier molecular flexibility index (Phi) is 23.6. The Labute approximate surface area is 122 Å². The average molecular weight is 454 g/mol. The standard InChI is InChI=1S/C6H10O2.C5H10O.I2/c1-5(2)4-8-6(3)7;1-5(2)4-6-3;1-2/h4H,1-3H3;4H,1-3H3;. The monoisotopic (exact) mass is 454 g/mol. The topological polar surface area (TPSA) is 35.5 Å². The molecule has 0 fully saturated rings. The Bertz CT molecular complexity index is 215. The zero-order chi connectivity index (χ0) is 13.6. The third-order valence-corrected chi connectivity index (χ3v) is 0.814. The SMILES string of the molecule is CC(=O)OC=C(C)C.COC=C(C)C.II. The lowest BCUT2D eigenvalue weighted by atomic mass is 10.4. The molecule has 0 spiro atoms. The summed E-state index contributed by atoms with van der Waals surface area (Å²) < 4.78 is 9.14. The van der Waals surface area contributed by atoms with Crippen LogP contribution >= 0.6 is 37.2 Å². The molecule has 3 nitrogen and oxygen atoms in total. The summed E-state index contributed by atoms with van der Waals surface area (Å²) in [5, 5.41) is 0. The summed E-state index contributed by atoms with van der Waals surface area (Å²) in [7, 11) is 1.65. The fraction of sp³-hybridized carbons (Fsp3) is 0.545. The number of rotatable bonds is 2. The van der Waals surface area contributed by atoms with Gasteiger partial charge in [0.25, 0.3) is 0 Å². The van der Waals surface area contributed by atoms with E-state index < -0.39 is 0 Å². The zero-order valence-corrected chi connectivity index (χ0v) is 15.0. The maximum absolute atomic E-state index is 10.1. The van der Waals surface area contributed by atoms with E-state index in [0.717, 1.165) is 5.57 Å². The fourth-order valence-corrected chi connectivity index (χ4v) is 0.437. The second-order valence-electron chi connectivity index (χ2n) is 3.24. The molecule has 0 heterocycles. The number of esters is 1. The third-order valence-electron chi connectivity index (χ3n) is 0.814. The van der Waals surface area contributed by atoms with E-state index in [4.69, 9.17) is 0 Å². The Hall–Kier alpha value is 0.210. The number of allylic oxidation sites excluding steroid dienone is 2. The smallest absolute Gasteiger partial charge is 0.307 e. The van der Waals surface area contributed by atoms with Gasteiger partial charge in [-0.25, -0.2) is 0 Å². The predicted octanol–water partition coefficient (Wildman–Crippen LogP) is 4.80. The maximum atomic E-state index is 10.1. The van der Waals surface area contributed by atoms with Crippen LogP contribution in [-0.4, -0.2) is 13.1 Å². The molecule has 0 saturated heterocycles. The molecular weight excluding hydrogens is 434 g/mol.